The molecule has 1 N–H and O–H groups in total. The minimum Gasteiger partial charge on any atom is -0.493 e. The van der Waals surface area contributed by atoms with Crippen LogP contribution in [0.4, 0.5) is 4.39 Å². The zero-order valence-electron chi connectivity index (χ0n) is 19.9. The predicted molar refractivity (Wildman–Crippen MR) is 127 cm³/mol. The van der Waals surface area contributed by atoms with Gasteiger partial charge >= 0.3 is 0 Å². The van der Waals surface area contributed by atoms with E-state index in [-0.39, 0.29) is 41.9 Å². The molecule has 2 amide bonds. The minimum absolute atomic E-state index is 0.00355. The lowest BCUT2D eigenvalue weighted by molar-refractivity contribution is -0.139. The molecule has 0 bridgehead atoms. The monoisotopic (exact) mass is 468 g/mol. The van der Waals surface area contributed by atoms with Crippen molar-refractivity contribution in [3.05, 3.63) is 59.4 Å². The number of nitrogens with zero attached hydrogens (tertiary/aromatic N) is 1. The summed E-state index contributed by atoms with van der Waals surface area (Å²) in [5, 5.41) is 2.95. The van der Waals surface area contributed by atoms with Gasteiger partial charge in [0.1, 0.15) is 5.82 Å². The molecule has 1 aliphatic carbocycles. The number of halogens is 1. The van der Waals surface area contributed by atoms with Crippen molar-refractivity contribution in [2.45, 2.75) is 44.6 Å². The third-order valence-corrected chi connectivity index (χ3v) is 7.07. The number of nitrogens with one attached hydrogen (secondary N) is 1. The molecule has 2 fully saturated rings. The topological polar surface area (TPSA) is 67.9 Å². The van der Waals surface area contributed by atoms with Crippen molar-refractivity contribution in [3.8, 4) is 11.5 Å². The second-order valence-corrected chi connectivity index (χ2v) is 9.32. The first-order valence-corrected chi connectivity index (χ1v) is 12.0. The van der Waals surface area contributed by atoms with E-state index >= 15 is 0 Å². The Hall–Kier alpha value is -3.09. The smallest absolute Gasteiger partial charge is 0.225 e. The van der Waals surface area contributed by atoms with E-state index in [4.69, 9.17) is 9.47 Å². The molecule has 4 rings (SSSR count). The molecule has 0 aromatic heterocycles. The summed E-state index contributed by atoms with van der Waals surface area (Å²) in [6.45, 7) is 1.25. The second kappa shape index (κ2) is 10.9. The minimum atomic E-state index is -0.342. The average molecular weight is 469 g/mol. The first-order chi connectivity index (χ1) is 16.5. The van der Waals surface area contributed by atoms with Gasteiger partial charge < -0.3 is 19.7 Å². The Morgan fingerprint density at radius 1 is 1.00 bits per heavy atom. The van der Waals surface area contributed by atoms with E-state index in [0.717, 1.165) is 31.2 Å². The van der Waals surface area contributed by atoms with Gasteiger partial charge in [0, 0.05) is 31.5 Å². The van der Waals surface area contributed by atoms with Crippen LogP contribution < -0.4 is 14.8 Å². The van der Waals surface area contributed by atoms with Gasteiger partial charge in [-0.25, -0.2) is 4.39 Å². The first kappa shape index (κ1) is 24.0. The van der Waals surface area contributed by atoms with Crippen LogP contribution in [0.1, 0.15) is 49.1 Å². The molecule has 1 aliphatic heterocycles. The van der Waals surface area contributed by atoms with Gasteiger partial charge in [-0.2, -0.15) is 0 Å². The van der Waals surface area contributed by atoms with Crippen LogP contribution >= 0.6 is 0 Å². The Morgan fingerprint density at radius 3 is 2.47 bits per heavy atom. The highest BCUT2D eigenvalue weighted by Crippen LogP contribution is 2.37. The van der Waals surface area contributed by atoms with Crippen molar-refractivity contribution in [2.24, 2.45) is 11.8 Å². The molecule has 2 aromatic rings. The number of hydrogen-bond donors (Lipinski definition) is 1. The lowest BCUT2D eigenvalue weighted by atomic mass is 9.83. The molecule has 0 radical (unpaired) electrons. The highest BCUT2D eigenvalue weighted by atomic mass is 19.1. The quantitative estimate of drug-likeness (QED) is 0.659. The summed E-state index contributed by atoms with van der Waals surface area (Å²) < 4.78 is 24.4. The molecule has 0 unspecified atom stereocenters. The van der Waals surface area contributed by atoms with E-state index < -0.39 is 0 Å². The normalized spacial score (nSPS) is 20.7. The van der Waals surface area contributed by atoms with Crippen LogP contribution in [0.5, 0.6) is 11.5 Å². The number of rotatable bonds is 7. The van der Waals surface area contributed by atoms with Gasteiger partial charge in [0.25, 0.3) is 0 Å². The van der Waals surface area contributed by atoms with Crippen LogP contribution in [0.25, 0.3) is 0 Å². The van der Waals surface area contributed by atoms with Gasteiger partial charge in [-0.1, -0.05) is 31.0 Å². The van der Waals surface area contributed by atoms with E-state index in [1.807, 2.05) is 23.1 Å². The summed E-state index contributed by atoms with van der Waals surface area (Å²) in [5.74, 6) is 0.710. The van der Waals surface area contributed by atoms with E-state index in [9.17, 15) is 14.0 Å². The second-order valence-electron chi connectivity index (χ2n) is 9.32. The maximum atomic E-state index is 13.5. The van der Waals surface area contributed by atoms with E-state index in [1.54, 1.807) is 26.4 Å². The van der Waals surface area contributed by atoms with Gasteiger partial charge in [-0.15, -0.1) is 0 Å². The van der Waals surface area contributed by atoms with Gasteiger partial charge in [0.15, 0.2) is 11.5 Å². The van der Waals surface area contributed by atoms with Gasteiger partial charge in [0.05, 0.1) is 20.1 Å². The standard InChI is InChI=1S/C27H33FN2O4/c1-33-24-11-10-20(14-25(24)34-2)21-13-22(17-30(16-21)27(32)19-7-3-4-8-19)26(31)29-15-18-6-5-9-23(28)12-18/h5-6,9-12,14,19,21-22H,3-4,7-8,13,15-17H2,1-2H3,(H,29,31)/t21-,22-/m0/s1. The highest BCUT2D eigenvalue weighted by molar-refractivity contribution is 5.82. The van der Waals surface area contributed by atoms with Crippen molar-refractivity contribution < 1.29 is 23.5 Å². The molecule has 1 saturated heterocycles. The number of carbonyl (C=O) groups excluding carboxylic acids is 2. The van der Waals surface area contributed by atoms with Gasteiger partial charge in [-0.05, 0) is 54.7 Å². The Labute approximate surface area is 200 Å². The molecule has 0 spiro atoms. The fraction of sp³-hybridized carbons (Fsp3) is 0.481. The highest BCUT2D eigenvalue weighted by Gasteiger charge is 2.37. The van der Waals surface area contributed by atoms with Crippen LogP contribution in [0.15, 0.2) is 42.5 Å². The van der Waals surface area contributed by atoms with Crippen molar-refractivity contribution in [2.75, 3.05) is 27.3 Å². The summed E-state index contributed by atoms with van der Waals surface area (Å²) in [5.41, 5.74) is 1.73. The van der Waals surface area contributed by atoms with E-state index in [2.05, 4.69) is 5.32 Å². The Bertz CT molecular complexity index is 1020. The Morgan fingerprint density at radius 2 is 1.76 bits per heavy atom. The third kappa shape index (κ3) is 5.51. The molecular formula is C27H33FN2O4. The summed E-state index contributed by atoms with van der Waals surface area (Å²) >= 11 is 0. The number of methoxy groups -OCH3 is 2. The van der Waals surface area contributed by atoms with E-state index in [0.29, 0.717) is 36.6 Å². The SMILES string of the molecule is COc1ccc([C@H]2C[C@H](C(=O)NCc3cccc(F)c3)CN(C(=O)C3CCCC3)C2)cc1OC. The molecule has 182 valence electrons. The van der Waals surface area contributed by atoms with Gasteiger partial charge in [-0.3, -0.25) is 9.59 Å². The zero-order chi connectivity index (χ0) is 24.1. The lowest BCUT2D eigenvalue weighted by Crippen LogP contribution is -2.49. The van der Waals surface area contributed by atoms with Crippen LogP contribution in [0.3, 0.4) is 0 Å². The summed E-state index contributed by atoms with van der Waals surface area (Å²) in [6, 6.07) is 12.0. The molecular weight excluding hydrogens is 435 g/mol. The molecule has 2 atom stereocenters. The molecule has 1 saturated carbocycles. The molecule has 2 aromatic carbocycles. The zero-order valence-corrected chi connectivity index (χ0v) is 19.9. The van der Waals surface area contributed by atoms with Crippen LogP contribution in [-0.2, 0) is 16.1 Å². The van der Waals surface area contributed by atoms with Crippen molar-refractivity contribution in [1.82, 2.24) is 10.2 Å². The summed E-state index contributed by atoms with van der Waals surface area (Å²) in [4.78, 5) is 28.3. The molecule has 6 nitrogen and oxygen atoms in total. The number of benzene rings is 2. The number of hydrogen-bond acceptors (Lipinski definition) is 4. The van der Waals surface area contributed by atoms with Crippen molar-refractivity contribution in [1.29, 1.82) is 0 Å². The van der Waals surface area contributed by atoms with E-state index in [1.165, 1.54) is 12.1 Å². The average Bonchev–Trinajstić information content (AvgIpc) is 3.41. The third-order valence-electron chi connectivity index (χ3n) is 7.07. The number of amides is 2. The van der Waals surface area contributed by atoms with Crippen LogP contribution in [0, 0.1) is 17.7 Å². The fourth-order valence-corrected chi connectivity index (χ4v) is 5.23. The number of carbonyl (C=O) groups is 2. The Balaban J connectivity index is 1.53. The van der Waals surface area contributed by atoms with Crippen LogP contribution in [0.2, 0.25) is 0 Å². The van der Waals surface area contributed by atoms with Crippen LogP contribution in [-0.4, -0.2) is 44.0 Å². The maximum Gasteiger partial charge on any atom is 0.225 e. The molecule has 2 aliphatic rings. The Kier molecular flexibility index (Phi) is 7.70. The number of ether oxygens (including phenoxy) is 2. The van der Waals surface area contributed by atoms with Gasteiger partial charge in [0.2, 0.25) is 11.8 Å². The fourth-order valence-electron chi connectivity index (χ4n) is 5.23. The molecule has 7 heteroatoms. The van der Waals surface area contributed by atoms with Crippen molar-refractivity contribution >= 4 is 11.8 Å². The number of likely N-dealkylation sites (tertiary alicyclic amines) is 1. The summed E-state index contributed by atoms with van der Waals surface area (Å²) in [6.07, 6.45) is 4.64. The lowest BCUT2D eigenvalue weighted by Gasteiger charge is -2.38. The largest absolute Gasteiger partial charge is 0.493 e. The predicted octanol–water partition coefficient (Wildman–Crippen LogP) is 4.28. The van der Waals surface area contributed by atoms with Crippen molar-refractivity contribution in [3.63, 3.8) is 0 Å². The molecule has 1 heterocycles. The maximum absolute atomic E-state index is 13.5. The first-order valence-electron chi connectivity index (χ1n) is 12.0. The number of piperidine rings is 1. The summed E-state index contributed by atoms with van der Waals surface area (Å²) in [7, 11) is 3.19. The molecule has 34 heavy (non-hydrogen) atoms.